The number of hydrogen-bond donors (Lipinski definition) is 1. The Morgan fingerprint density at radius 3 is 2.40 bits per heavy atom. The minimum Gasteiger partial charge on any atom is -0.327 e. The fourth-order valence-corrected chi connectivity index (χ4v) is 4.55. The van der Waals surface area contributed by atoms with E-state index in [1.807, 2.05) is 0 Å². The molecule has 0 bridgehead atoms. The van der Waals surface area contributed by atoms with Crippen molar-refractivity contribution >= 4 is 0 Å². The molecular formula is C18H36N2. The molecule has 2 fully saturated rings. The highest BCUT2D eigenvalue weighted by Gasteiger charge is 2.30. The van der Waals surface area contributed by atoms with Crippen LogP contribution in [0.1, 0.15) is 78.1 Å². The van der Waals surface area contributed by atoms with Crippen molar-refractivity contribution in [1.29, 1.82) is 0 Å². The summed E-state index contributed by atoms with van der Waals surface area (Å²) in [6.07, 6.45) is 14.0. The van der Waals surface area contributed by atoms with Crippen LogP contribution in [0.5, 0.6) is 0 Å². The first kappa shape index (κ1) is 16.3. The van der Waals surface area contributed by atoms with Crippen molar-refractivity contribution in [3.8, 4) is 0 Å². The van der Waals surface area contributed by atoms with Crippen molar-refractivity contribution in [1.82, 2.24) is 4.90 Å². The second kappa shape index (κ2) is 8.38. The largest absolute Gasteiger partial charge is 0.327 e. The molecule has 3 unspecified atom stereocenters. The summed E-state index contributed by atoms with van der Waals surface area (Å²) < 4.78 is 0. The summed E-state index contributed by atoms with van der Waals surface area (Å²) in [7, 11) is 0. The molecule has 2 aliphatic rings. The van der Waals surface area contributed by atoms with Crippen molar-refractivity contribution in [2.24, 2.45) is 17.6 Å². The molecule has 2 rings (SSSR count). The fraction of sp³-hybridized carbons (Fsp3) is 1.00. The lowest BCUT2D eigenvalue weighted by Crippen LogP contribution is -2.46. The van der Waals surface area contributed by atoms with Crippen molar-refractivity contribution in [3.05, 3.63) is 0 Å². The topological polar surface area (TPSA) is 29.3 Å². The van der Waals surface area contributed by atoms with Gasteiger partial charge in [0.25, 0.3) is 0 Å². The maximum Gasteiger partial charge on any atom is 0.00952 e. The highest BCUT2D eigenvalue weighted by Crippen LogP contribution is 2.33. The zero-order valence-electron chi connectivity index (χ0n) is 13.8. The molecule has 0 spiro atoms. The number of nitrogens with two attached hydrogens (primary N) is 1. The Balaban J connectivity index is 1.87. The highest BCUT2D eigenvalue weighted by atomic mass is 15.2. The van der Waals surface area contributed by atoms with Crippen LogP contribution < -0.4 is 5.73 Å². The van der Waals surface area contributed by atoms with E-state index in [-0.39, 0.29) is 0 Å². The monoisotopic (exact) mass is 280 g/mol. The highest BCUT2D eigenvalue weighted by molar-refractivity contribution is 4.86. The molecule has 0 heterocycles. The maximum atomic E-state index is 6.44. The second-order valence-corrected chi connectivity index (χ2v) is 7.27. The van der Waals surface area contributed by atoms with Gasteiger partial charge in [0, 0.05) is 18.6 Å². The van der Waals surface area contributed by atoms with E-state index in [0.29, 0.717) is 6.04 Å². The molecule has 0 radical (unpaired) electrons. The van der Waals surface area contributed by atoms with Crippen molar-refractivity contribution < 1.29 is 0 Å². The fourth-order valence-electron chi connectivity index (χ4n) is 4.55. The van der Waals surface area contributed by atoms with Crippen LogP contribution in [0.3, 0.4) is 0 Å². The van der Waals surface area contributed by atoms with E-state index < -0.39 is 0 Å². The summed E-state index contributed by atoms with van der Waals surface area (Å²) in [5.74, 6) is 1.71. The van der Waals surface area contributed by atoms with E-state index in [9.17, 15) is 0 Å². The molecule has 2 saturated carbocycles. The lowest BCUT2D eigenvalue weighted by Gasteiger charge is -2.40. The lowest BCUT2D eigenvalue weighted by atomic mass is 9.76. The molecule has 0 aromatic rings. The van der Waals surface area contributed by atoms with Crippen LogP contribution in [0.25, 0.3) is 0 Å². The van der Waals surface area contributed by atoms with E-state index in [2.05, 4.69) is 18.7 Å². The van der Waals surface area contributed by atoms with Gasteiger partial charge in [0.1, 0.15) is 0 Å². The first-order valence-corrected chi connectivity index (χ1v) is 9.24. The SMILES string of the molecule is CCCC1CCC(N)C(CN(CC)C2CCCCC2)C1. The summed E-state index contributed by atoms with van der Waals surface area (Å²) in [5, 5.41) is 0. The van der Waals surface area contributed by atoms with Gasteiger partial charge in [-0.1, -0.05) is 46.0 Å². The minimum absolute atomic E-state index is 0.459. The standard InChI is InChI=1S/C18H36N2/c1-3-8-15-11-12-18(19)16(13-15)14-20(4-2)17-9-6-5-7-10-17/h15-18H,3-14,19H2,1-2H3. The predicted octanol–water partition coefficient (Wildman–Crippen LogP) is 4.18. The maximum absolute atomic E-state index is 6.44. The zero-order valence-corrected chi connectivity index (χ0v) is 13.8. The zero-order chi connectivity index (χ0) is 14.4. The van der Waals surface area contributed by atoms with E-state index >= 15 is 0 Å². The van der Waals surface area contributed by atoms with Crippen LogP contribution in [0.15, 0.2) is 0 Å². The van der Waals surface area contributed by atoms with Crippen LogP contribution in [0, 0.1) is 11.8 Å². The first-order valence-electron chi connectivity index (χ1n) is 9.24. The van der Waals surface area contributed by atoms with Crippen molar-refractivity contribution in [2.45, 2.75) is 90.1 Å². The Morgan fingerprint density at radius 2 is 1.75 bits per heavy atom. The van der Waals surface area contributed by atoms with E-state index in [1.54, 1.807) is 0 Å². The normalized spacial score (nSPS) is 32.7. The quantitative estimate of drug-likeness (QED) is 0.790. The summed E-state index contributed by atoms with van der Waals surface area (Å²) in [6, 6.07) is 1.31. The third-order valence-corrected chi connectivity index (χ3v) is 5.81. The summed E-state index contributed by atoms with van der Waals surface area (Å²) in [4.78, 5) is 2.76. The Hall–Kier alpha value is -0.0800. The molecule has 0 aliphatic heterocycles. The van der Waals surface area contributed by atoms with Gasteiger partial charge in [-0.15, -0.1) is 0 Å². The Kier molecular flexibility index (Phi) is 6.83. The van der Waals surface area contributed by atoms with Crippen molar-refractivity contribution in [3.63, 3.8) is 0 Å². The molecule has 0 aromatic carbocycles. The summed E-state index contributed by atoms with van der Waals surface area (Å²) in [5.41, 5.74) is 6.44. The van der Waals surface area contributed by atoms with Crippen LogP contribution in [-0.4, -0.2) is 30.1 Å². The van der Waals surface area contributed by atoms with Crippen LogP contribution in [0.4, 0.5) is 0 Å². The summed E-state index contributed by atoms with van der Waals surface area (Å²) in [6.45, 7) is 7.14. The van der Waals surface area contributed by atoms with E-state index in [0.717, 1.165) is 17.9 Å². The van der Waals surface area contributed by atoms with Gasteiger partial charge in [0.15, 0.2) is 0 Å². The van der Waals surface area contributed by atoms with Gasteiger partial charge in [-0.25, -0.2) is 0 Å². The molecule has 0 amide bonds. The van der Waals surface area contributed by atoms with Crippen LogP contribution in [-0.2, 0) is 0 Å². The third-order valence-electron chi connectivity index (χ3n) is 5.81. The first-order chi connectivity index (χ1) is 9.74. The third kappa shape index (κ3) is 4.46. The predicted molar refractivity (Wildman–Crippen MR) is 87.8 cm³/mol. The van der Waals surface area contributed by atoms with Gasteiger partial charge in [0.05, 0.1) is 0 Å². The molecule has 2 N–H and O–H groups in total. The second-order valence-electron chi connectivity index (χ2n) is 7.27. The number of nitrogens with zero attached hydrogens (tertiary/aromatic N) is 1. The molecule has 3 atom stereocenters. The molecular weight excluding hydrogens is 244 g/mol. The van der Waals surface area contributed by atoms with Gasteiger partial charge in [-0.3, -0.25) is 0 Å². The average molecular weight is 280 g/mol. The Bertz CT molecular complexity index is 260. The van der Waals surface area contributed by atoms with Crippen LogP contribution >= 0.6 is 0 Å². The molecule has 0 aromatic heterocycles. The van der Waals surface area contributed by atoms with Gasteiger partial charge < -0.3 is 10.6 Å². The van der Waals surface area contributed by atoms with E-state index in [1.165, 1.54) is 77.3 Å². The minimum atomic E-state index is 0.459. The van der Waals surface area contributed by atoms with Crippen molar-refractivity contribution in [2.75, 3.05) is 13.1 Å². The number of rotatable bonds is 6. The number of hydrogen-bond acceptors (Lipinski definition) is 2. The molecule has 2 aliphatic carbocycles. The Labute approximate surface area is 126 Å². The average Bonchev–Trinajstić information content (AvgIpc) is 2.49. The summed E-state index contributed by atoms with van der Waals surface area (Å²) >= 11 is 0. The van der Waals surface area contributed by atoms with Crippen LogP contribution in [0.2, 0.25) is 0 Å². The molecule has 20 heavy (non-hydrogen) atoms. The van der Waals surface area contributed by atoms with Gasteiger partial charge in [-0.05, 0) is 50.5 Å². The van der Waals surface area contributed by atoms with Gasteiger partial charge in [-0.2, -0.15) is 0 Å². The molecule has 0 saturated heterocycles. The molecule has 118 valence electrons. The lowest BCUT2D eigenvalue weighted by molar-refractivity contribution is 0.104. The smallest absolute Gasteiger partial charge is 0.00952 e. The van der Waals surface area contributed by atoms with Gasteiger partial charge >= 0.3 is 0 Å². The molecule has 2 nitrogen and oxygen atoms in total. The Morgan fingerprint density at radius 1 is 1.00 bits per heavy atom. The molecule has 2 heteroatoms. The van der Waals surface area contributed by atoms with E-state index in [4.69, 9.17) is 5.73 Å². The van der Waals surface area contributed by atoms with Gasteiger partial charge in [0.2, 0.25) is 0 Å².